The number of urea groups is 1. The summed E-state index contributed by atoms with van der Waals surface area (Å²) in [5.41, 5.74) is 1.72. The summed E-state index contributed by atoms with van der Waals surface area (Å²) in [7, 11) is 0. The summed E-state index contributed by atoms with van der Waals surface area (Å²) in [6.07, 6.45) is 4.95. The first-order valence-corrected chi connectivity index (χ1v) is 9.66. The van der Waals surface area contributed by atoms with Gasteiger partial charge >= 0.3 is 6.03 Å². The highest BCUT2D eigenvalue weighted by molar-refractivity contribution is 5.90. The summed E-state index contributed by atoms with van der Waals surface area (Å²) >= 11 is 0. The van der Waals surface area contributed by atoms with Crippen LogP contribution in [-0.4, -0.2) is 65.6 Å². The molecule has 0 spiro atoms. The molecular formula is C19H29N5O. The first-order chi connectivity index (χ1) is 12.1. The predicted molar refractivity (Wildman–Crippen MR) is 100 cm³/mol. The third-order valence-corrected chi connectivity index (χ3v) is 5.94. The van der Waals surface area contributed by atoms with Crippen molar-refractivity contribution < 1.29 is 4.79 Å². The molecule has 2 atom stereocenters. The fraction of sp³-hybridized carbons (Fsp3) is 0.684. The first-order valence-electron chi connectivity index (χ1n) is 9.66. The molecule has 0 aromatic carbocycles. The lowest BCUT2D eigenvalue weighted by Gasteiger charge is -2.42. The van der Waals surface area contributed by atoms with Crippen LogP contribution >= 0.6 is 0 Å². The molecule has 6 nitrogen and oxygen atoms in total. The monoisotopic (exact) mass is 343 g/mol. The van der Waals surface area contributed by atoms with Crippen LogP contribution in [0.3, 0.4) is 0 Å². The van der Waals surface area contributed by atoms with E-state index in [-0.39, 0.29) is 12.1 Å². The van der Waals surface area contributed by atoms with E-state index in [0.29, 0.717) is 6.04 Å². The summed E-state index contributed by atoms with van der Waals surface area (Å²) in [6.45, 7) is 9.31. The quantitative estimate of drug-likeness (QED) is 0.897. The zero-order chi connectivity index (χ0) is 17.4. The van der Waals surface area contributed by atoms with E-state index in [9.17, 15) is 4.79 Å². The second-order valence-electron chi connectivity index (χ2n) is 7.72. The smallest absolute Gasteiger partial charge is 0.322 e. The lowest BCUT2D eigenvalue weighted by atomic mass is 10.1. The van der Waals surface area contributed by atoms with E-state index < -0.39 is 0 Å². The number of fused-ring (bicyclic) bond motifs is 1. The second-order valence-corrected chi connectivity index (χ2v) is 7.72. The summed E-state index contributed by atoms with van der Waals surface area (Å²) in [5, 5.41) is 3.10. The number of amides is 2. The van der Waals surface area contributed by atoms with Crippen LogP contribution in [-0.2, 0) is 0 Å². The number of hydrogen-bond donors (Lipinski definition) is 1. The van der Waals surface area contributed by atoms with Gasteiger partial charge in [0.05, 0.1) is 11.4 Å². The van der Waals surface area contributed by atoms with Crippen LogP contribution in [0.4, 0.5) is 16.3 Å². The van der Waals surface area contributed by atoms with E-state index in [2.05, 4.69) is 22.0 Å². The van der Waals surface area contributed by atoms with Crippen molar-refractivity contribution in [2.45, 2.75) is 51.6 Å². The van der Waals surface area contributed by atoms with Crippen molar-refractivity contribution in [2.75, 3.05) is 42.9 Å². The van der Waals surface area contributed by atoms with Crippen molar-refractivity contribution in [3.8, 4) is 0 Å². The van der Waals surface area contributed by atoms with Gasteiger partial charge in [-0.3, -0.25) is 4.90 Å². The van der Waals surface area contributed by atoms with E-state index in [0.717, 1.165) is 43.4 Å². The Morgan fingerprint density at radius 2 is 1.96 bits per heavy atom. The van der Waals surface area contributed by atoms with Crippen molar-refractivity contribution in [3.63, 3.8) is 0 Å². The van der Waals surface area contributed by atoms with Gasteiger partial charge in [-0.2, -0.15) is 0 Å². The van der Waals surface area contributed by atoms with Crippen molar-refractivity contribution in [1.29, 1.82) is 0 Å². The van der Waals surface area contributed by atoms with Gasteiger partial charge in [0.25, 0.3) is 0 Å². The Hall–Kier alpha value is -1.82. The van der Waals surface area contributed by atoms with Crippen LogP contribution in [0.2, 0.25) is 0 Å². The number of aromatic nitrogens is 1. The molecule has 4 rings (SSSR count). The number of aryl methyl sites for hydroxylation is 1. The molecule has 0 unspecified atom stereocenters. The fourth-order valence-electron chi connectivity index (χ4n) is 4.46. The van der Waals surface area contributed by atoms with E-state index in [1.165, 1.54) is 32.2 Å². The van der Waals surface area contributed by atoms with Crippen LogP contribution in [0, 0.1) is 6.92 Å². The SMILES string of the molecule is Cc1nc(N2CCCC2)ccc1NC(=O)N1C[C@@H]2CCCN2C[C@H]1C. The normalized spacial score (nSPS) is 26.8. The number of nitrogens with one attached hydrogen (secondary N) is 1. The average molecular weight is 343 g/mol. The molecule has 6 heteroatoms. The van der Waals surface area contributed by atoms with E-state index in [4.69, 9.17) is 4.98 Å². The molecule has 25 heavy (non-hydrogen) atoms. The van der Waals surface area contributed by atoms with Crippen LogP contribution < -0.4 is 10.2 Å². The number of pyridine rings is 1. The molecule has 3 fully saturated rings. The molecule has 3 aliphatic heterocycles. The van der Waals surface area contributed by atoms with Crippen molar-refractivity contribution >= 4 is 17.5 Å². The maximum absolute atomic E-state index is 12.8. The molecule has 0 bridgehead atoms. The largest absolute Gasteiger partial charge is 0.357 e. The molecule has 1 aromatic heterocycles. The van der Waals surface area contributed by atoms with Gasteiger partial charge in [0, 0.05) is 38.3 Å². The number of rotatable bonds is 2. The summed E-state index contributed by atoms with van der Waals surface area (Å²) in [6, 6.07) is 4.85. The number of anilines is 2. The Balaban J connectivity index is 1.43. The minimum absolute atomic E-state index is 0.0119. The molecule has 3 aliphatic rings. The number of nitrogens with zero attached hydrogens (tertiary/aromatic N) is 4. The Morgan fingerprint density at radius 1 is 1.16 bits per heavy atom. The lowest BCUT2D eigenvalue weighted by molar-refractivity contribution is 0.0861. The Bertz CT molecular complexity index is 643. The van der Waals surface area contributed by atoms with Gasteiger partial charge in [0.15, 0.2) is 0 Å². The Morgan fingerprint density at radius 3 is 2.72 bits per heavy atom. The van der Waals surface area contributed by atoms with Crippen LogP contribution in [0.1, 0.15) is 38.3 Å². The number of piperazine rings is 1. The first kappa shape index (κ1) is 16.6. The van der Waals surface area contributed by atoms with Crippen LogP contribution in [0.15, 0.2) is 12.1 Å². The standard InChI is InChI=1S/C19H29N5O/c1-14-12-23-11-5-6-16(23)13-24(14)19(25)21-17-7-8-18(20-15(17)2)22-9-3-4-10-22/h7-8,14,16H,3-6,9-13H2,1-2H3,(H,21,25)/t14-,16+/m1/s1. The minimum atomic E-state index is 0.0119. The highest BCUT2D eigenvalue weighted by atomic mass is 16.2. The van der Waals surface area contributed by atoms with Crippen LogP contribution in [0.5, 0.6) is 0 Å². The molecular weight excluding hydrogens is 314 g/mol. The van der Waals surface area contributed by atoms with Gasteiger partial charge < -0.3 is 15.1 Å². The highest BCUT2D eigenvalue weighted by Gasteiger charge is 2.36. The summed E-state index contributed by atoms with van der Waals surface area (Å²) in [5.74, 6) is 1.03. The van der Waals surface area contributed by atoms with Gasteiger partial charge in [-0.1, -0.05) is 0 Å². The van der Waals surface area contributed by atoms with Gasteiger partial charge in [-0.25, -0.2) is 9.78 Å². The Kier molecular flexibility index (Phi) is 4.54. The number of carbonyl (C=O) groups is 1. The molecule has 2 amide bonds. The summed E-state index contributed by atoms with van der Waals surface area (Å²) < 4.78 is 0. The van der Waals surface area contributed by atoms with E-state index in [1.54, 1.807) is 0 Å². The maximum atomic E-state index is 12.8. The van der Waals surface area contributed by atoms with E-state index in [1.807, 2.05) is 24.0 Å². The molecule has 1 N–H and O–H groups in total. The molecule has 4 heterocycles. The number of hydrogen-bond acceptors (Lipinski definition) is 4. The summed E-state index contributed by atoms with van der Waals surface area (Å²) in [4.78, 5) is 24.4. The average Bonchev–Trinajstić information content (AvgIpc) is 3.26. The van der Waals surface area contributed by atoms with Gasteiger partial charge in [0.2, 0.25) is 0 Å². The lowest BCUT2D eigenvalue weighted by Crippen LogP contribution is -2.57. The van der Waals surface area contributed by atoms with Gasteiger partial charge in [-0.05, 0) is 58.2 Å². The zero-order valence-electron chi connectivity index (χ0n) is 15.4. The topological polar surface area (TPSA) is 51.7 Å². The van der Waals surface area contributed by atoms with Crippen molar-refractivity contribution in [2.24, 2.45) is 0 Å². The minimum Gasteiger partial charge on any atom is -0.357 e. The predicted octanol–water partition coefficient (Wildman–Crippen LogP) is 2.69. The van der Waals surface area contributed by atoms with Gasteiger partial charge in [0.1, 0.15) is 5.82 Å². The highest BCUT2D eigenvalue weighted by Crippen LogP contribution is 2.26. The second kappa shape index (κ2) is 6.83. The molecule has 3 saturated heterocycles. The van der Waals surface area contributed by atoms with Crippen LogP contribution in [0.25, 0.3) is 0 Å². The fourth-order valence-corrected chi connectivity index (χ4v) is 4.46. The molecule has 0 aliphatic carbocycles. The van der Waals surface area contributed by atoms with E-state index >= 15 is 0 Å². The van der Waals surface area contributed by atoms with Crippen molar-refractivity contribution in [1.82, 2.24) is 14.8 Å². The Labute approximate surface area is 150 Å². The third-order valence-electron chi connectivity index (χ3n) is 5.94. The molecule has 136 valence electrons. The third kappa shape index (κ3) is 3.32. The van der Waals surface area contributed by atoms with Crippen molar-refractivity contribution in [3.05, 3.63) is 17.8 Å². The maximum Gasteiger partial charge on any atom is 0.322 e. The molecule has 0 saturated carbocycles. The molecule has 1 aromatic rings. The van der Waals surface area contributed by atoms with Gasteiger partial charge in [-0.15, -0.1) is 0 Å². The number of carbonyl (C=O) groups excluding carboxylic acids is 1. The molecule has 0 radical (unpaired) electrons. The zero-order valence-corrected chi connectivity index (χ0v) is 15.4.